The van der Waals surface area contributed by atoms with Gasteiger partial charge >= 0.3 is 0 Å². The minimum Gasteiger partial charge on any atom is -0.497 e. The summed E-state index contributed by atoms with van der Waals surface area (Å²) in [6.07, 6.45) is 0. The molecule has 0 heterocycles. The summed E-state index contributed by atoms with van der Waals surface area (Å²) in [7, 11) is -7.27. The molecule has 3 aromatic carbocycles. The van der Waals surface area contributed by atoms with Gasteiger partial charge < -0.3 is 9.47 Å². The minimum absolute atomic E-state index is 0.0375. The highest BCUT2D eigenvalue weighted by Crippen LogP contribution is 2.37. The molecule has 3 rings (SSSR count). The Balaban J connectivity index is 2.36. The van der Waals surface area contributed by atoms with Crippen molar-refractivity contribution in [1.82, 2.24) is 0 Å². The number of hydrogen-bond donors (Lipinski definition) is 0. The third-order valence-corrected chi connectivity index (χ3v) is 24.4. The molecule has 8 heteroatoms. The largest absolute Gasteiger partial charge is 0.497 e. The van der Waals surface area contributed by atoms with Gasteiger partial charge in [0.25, 0.3) is 0 Å². The third kappa shape index (κ3) is 8.30. The molecule has 42 heavy (non-hydrogen) atoms. The van der Waals surface area contributed by atoms with Gasteiger partial charge in [0.2, 0.25) is 0 Å². The van der Waals surface area contributed by atoms with Crippen LogP contribution in [0.1, 0.15) is 31.8 Å². The highest BCUT2D eigenvalue weighted by atomic mass is 28.4. The van der Waals surface area contributed by atoms with Gasteiger partial charge in [-0.2, -0.15) is 0 Å². The molecule has 0 aliphatic carbocycles. The van der Waals surface area contributed by atoms with Crippen LogP contribution in [0.3, 0.4) is 0 Å². The number of carbonyl (C=O) groups is 2. The van der Waals surface area contributed by atoms with Crippen LogP contribution < -0.4 is 9.47 Å². The van der Waals surface area contributed by atoms with Crippen LogP contribution in [0.5, 0.6) is 11.5 Å². The van der Waals surface area contributed by atoms with Gasteiger partial charge in [0.05, 0.1) is 54.1 Å². The monoisotopic (exact) mass is 634 g/mol. The molecule has 226 valence electrons. The zero-order valence-corrected chi connectivity index (χ0v) is 31.7. The molecule has 0 radical (unpaired) electrons. The van der Waals surface area contributed by atoms with Crippen LogP contribution in [0.2, 0.25) is 78.6 Å². The zero-order chi connectivity index (χ0) is 31.7. The lowest BCUT2D eigenvalue weighted by Gasteiger charge is -2.40. The number of ketones is 2. The molecule has 0 N–H and O–H groups in total. The van der Waals surface area contributed by atoms with Crippen molar-refractivity contribution in [3.05, 3.63) is 95.1 Å². The van der Waals surface area contributed by atoms with Gasteiger partial charge in [0, 0.05) is 11.1 Å². The molecule has 3 aromatic rings. The zero-order valence-electron chi connectivity index (χ0n) is 27.7. The Bertz CT molecular complexity index is 1260. The van der Waals surface area contributed by atoms with Crippen LogP contribution in [0, 0.1) is 0 Å². The Morgan fingerprint density at radius 3 is 0.976 bits per heavy atom. The average molecular weight is 635 g/mol. The van der Waals surface area contributed by atoms with E-state index in [9.17, 15) is 9.59 Å². The number of carbonyl (C=O) groups excluding carboxylic acids is 2. The van der Waals surface area contributed by atoms with Gasteiger partial charge in [-0.1, -0.05) is 139 Å². The maximum absolute atomic E-state index is 14.2. The maximum atomic E-state index is 14.2. The molecule has 0 saturated heterocycles. The van der Waals surface area contributed by atoms with Crippen molar-refractivity contribution in [2.24, 2.45) is 0 Å². The molecule has 0 unspecified atom stereocenters. The van der Waals surface area contributed by atoms with E-state index in [-0.39, 0.29) is 22.3 Å². The van der Waals surface area contributed by atoms with E-state index in [1.165, 1.54) is 0 Å². The molecular formula is C34H50O4Si4. The number of hydrogen-bond acceptors (Lipinski definition) is 4. The fourth-order valence-corrected chi connectivity index (χ4v) is 28.9. The van der Waals surface area contributed by atoms with Crippen LogP contribution >= 0.6 is 0 Å². The van der Waals surface area contributed by atoms with E-state index in [0.29, 0.717) is 33.8 Å². The Hall–Kier alpha value is -2.53. The van der Waals surface area contributed by atoms with Crippen LogP contribution in [-0.2, 0) is 0 Å². The third-order valence-electron chi connectivity index (χ3n) is 7.28. The van der Waals surface area contributed by atoms with E-state index in [0.717, 1.165) is 0 Å². The second-order valence-corrected chi connectivity index (χ2v) is 37.9. The molecule has 0 aliphatic rings. The molecule has 4 nitrogen and oxygen atoms in total. The Labute approximate surface area is 257 Å². The van der Waals surface area contributed by atoms with Crippen molar-refractivity contribution in [3.63, 3.8) is 0 Å². The topological polar surface area (TPSA) is 52.6 Å². The maximum Gasteiger partial charge on any atom is 0.196 e. The normalized spacial score (nSPS) is 12.9. The summed E-state index contributed by atoms with van der Waals surface area (Å²) in [5.41, 5.74) is 2.07. The summed E-state index contributed by atoms with van der Waals surface area (Å²) in [6.45, 7) is 27.8. The second kappa shape index (κ2) is 12.6. The average Bonchev–Trinajstić information content (AvgIpc) is 2.87. The first-order valence-corrected chi connectivity index (χ1v) is 29.2. The lowest BCUT2D eigenvalue weighted by atomic mass is 9.96. The molecule has 0 bridgehead atoms. The summed E-state index contributed by atoms with van der Waals surface area (Å²) in [5.74, 6) is 0.694. The molecule has 0 aliphatic heterocycles. The smallest absolute Gasteiger partial charge is 0.196 e. The molecule has 0 aromatic heterocycles. The first kappa shape index (κ1) is 34.0. The molecule has 0 fully saturated rings. The molecule has 0 saturated carbocycles. The number of benzene rings is 3. The van der Waals surface area contributed by atoms with E-state index in [4.69, 9.17) is 9.47 Å². The van der Waals surface area contributed by atoms with Gasteiger partial charge in [0.15, 0.2) is 11.6 Å². The predicted octanol–water partition coefficient (Wildman–Crippen LogP) is 9.15. The Morgan fingerprint density at radius 2 is 0.738 bits per heavy atom. The Kier molecular flexibility index (Phi) is 10.2. The van der Waals surface area contributed by atoms with Crippen molar-refractivity contribution >= 4 is 43.9 Å². The SMILES string of the molecule is C[Si](C)(C)C(Oc1cc(C(=O)c2ccccc2)c(OC([Si](C)(C)C)[Si](C)(C)C)cc1C(=O)c1ccccc1)[Si](C)(C)C. The summed E-state index contributed by atoms with van der Waals surface area (Å²) in [5, 5.41) is 0.0750. The van der Waals surface area contributed by atoms with E-state index >= 15 is 0 Å². The summed E-state index contributed by atoms with van der Waals surface area (Å²) >= 11 is 0. The summed E-state index contributed by atoms with van der Waals surface area (Å²) < 4.78 is 13.9. The van der Waals surface area contributed by atoms with Gasteiger partial charge in [-0.05, 0) is 12.1 Å². The Morgan fingerprint density at radius 1 is 0.476 bits per heavy atom. The fourth-order valence-electron chi connectivity index (χ4n) is 6.16. The number of rotatable bonds is 12. The van der Waals surface area contributed by atoms with Crippen LogP contribution in [-0.4, -0.2) is 54.6 Å². The van der Waals surface area contributed by atoms with E-state index in [2.05, 4.69) is 78.6 Å². The highest BCUT2D eigenvalue weighted by Gasteiger charge is 2.42. The standard InChI is InChI=1S/C34H50O4Si4/c1-39(2,3)33(40(4,5)6)37-29-23-28(32(36)26-21-17-14-18-22-26)30(38-34(41(7,8)9)42(10,11)12)24-27(29)31(35)25-19-15-13-16-20-25/h13-24,33-34H,1-12H3. The molecule has 0 amide bonds. The lowest BCUT2D eigenvalue weighted by Crippen LogP contribution is -2.57. The van der Waals surface area contributed by atoms with Gasteiger partial charge in [-0.15, -0.1) is 0 Å². The summed E-state index contributed by atoms with van der Waals surface area (Å²) in [6, 6.07) is 22.2. The van der Waals surface area contributed by atoms with Gasteiger partial charge in [0.1, 0.15) is 11.5 Å². The first-order valence-electron chi connectivity index (χ1n) is 14.9. The van der Waals surface area contributed by atoms with E-state index < -0.39 is 32.3 Å². The highest BCUT2D eigenvalue weighted by molar-refractivity contribution is 6.96. The summed E-state index contributed by atoms with van der Waals surface area (Å²) in [4.78, 5) is 28.3. The van der Waals surface area contributed by atoms with Crippen molar-refractivity contribution in [2.45, 2.75) is 89.3 Å². The van der Waals surface area contributed by atoms with Crippen molar-refractivity contribution in [1.29, 1.82) is 0 Å². The van der Waals surface area contributed by atoms with E-state index in [1.54, 1.807) is 12.1 Å². The first-order chi connectivity index (χ1) is 19.2. The van der Waals surface area contributed by atoms with Gasteiger partial charge in [-0.3, -0.25) is 9.59 Å². The molecular weight excluding hydrogens is 585 g/mol. The number of ether oxygens (including phenoxy) is 2. The van der Waals surface area contributed by atoms with E-state index in [1.807, 2.05) is 60.7 Å². The molecule has 0 atom stereocenters. The predicted molar refractivity (Wildman–Crippen MR) is 188 cm³/mol. The fraction of sp³-hybridized carbons (Fsp3) is 0.412. The lowest BCUT2D eigenvalue weighted by molar-refractivity contribution is 0.102. The van der Waals surface area contributed by atoms with Crippen molar-refractivity contribution in [3.8, 4) is 11.5 Å². The van der Waals surface area contributed by atoms with Crippen molar-refractivity contribution < 1.29 is 19.1 Å². The minimum atomic E-state index is -1.82. The quantitative estimate of drug-likeness (QED) is 0.147. The van der Waals surface area contributed by atoms with Crippen LogP contribution in [0.4, 0.5) is 0 Å². The van der Waals surface area contributed by atoms with Crippen LogP contribution in [0.25, 0.3) is 0 Å². The van der Waals surface area contributed by atoms with Gasteiger partial charge in [-0.25, -0.2) is 0 Å². The molecule has 0 spiro atoms. The second-order valence-electron chi connectivity index (χ2n) is 15.7. The van der Waals surface area contributed by atoms with Crippen LogP contribution in [0.15, 0.2) is 72.8 Å². The van der Waals surface area contributed by atoms with Crippen molar-refractivity contribution in [2.75, 3.05) is 0 Å².